The van der Waals surface area contributed by atoms with Gasteiger partial charge < -0.3 is 5.32 Å². The second-order valence-electron chi connectivity index (χ2n) is 3.22. The predicted molar refractivity (Wildman–Crippen MR) is 59.6 cm³/mol. The molecule has 1 aromatic carbocycles. The first-order valence-electron chi connectivity index (χ1n) is 4.21. The molecule has 0 aliphatic heterocycles. The second-order valence-corrected chi connectivity index (χ2v) is 4.08. The first-order chi connectivity index (χ1) is 6.50. The van der Waals surface area contributed by atoms with Gasteiger partial charge >= 0.3 is 0 Å². The fourth-order valence-corrected chi connectivity index (χ4v) is 1.47. The van der Waals surface area contributed by atoms with Gasteiger partial charge in [0.15, 0.2) is 0 Å². The van der Waals surface area contributed by atoms with Gasteiger partial charge in [0, 0.05) is 17.8 Å². The Morgan fingerprint density at radius 3 is 2.64 bits per heavy atom. The lowest BCUT2D eigenvalue weighted by Crippen LogP contribution is -2.09. The molecule has 0 radical (unpaired) electrons. The quantitative estimate of drug-likeness (QED) is 0.670. The zero-order valence-corrected chi connectivity index (χ0v) is 9.54. The zero-order valence-electron chi connectivity index (χ0n) is 7.95. The highest BCUT2D eigenvalue weighted by Gasteiger charge is 2.12. The van der Waals surface area contributed by atoms with Crippen LogP contribution in [-0.4, -0.2) is 11.0 Å². The lowest BCUT2D eigenvalue weighted by atomic mass is 10.2. The van der Waals surface area contributed by atoms with Crippen LogP contribution in [0.25, 0.3) is 0 Å². The number of nitro benzene ring substituents is 1. The van der Waals surface area contributed by atoms with Gasteiger partial charge in [-0.1, -0.05) is 0 Å². The van der Waals surface area contributed by atoms with Crippen molar-refractivity contribution in [1.29, 1.82) is 0 Å². The third-order valence-electron chi connectivity index (χ3n) is 1.60. The van der Waals surface area contributed by atoms with E-state index in [1.807, 2.05) is 13.8 Å². The van der Waals surface area contributed by atoms with Gasteiger partial charge in [-0.05, 0) is 41.9 Å². The van der Waals surface area contributed by atoms with Crippen molar-refractivity contribution in [2.24, 2.45) is 0 Å². The van der Waals surface area contributed by atoms with Crippen molar-refractivity contribution < 1.29 is 4.92 Å². The molecule has 76 valence electrons. The molecule has 0 amide bonds. The maximum Gasteiger partial charge on any atom is 0.285 e. The molecule has 1 N–H and O–H groups in total. The van der Waals surface area contributed by atoms with Gasteiger partial charge in [0.25, 0.3) is 5.69 Å². The molecule has 0 aromatic heterocycles. The summed E-state index contributed by atoms with van der Waals surface area (Å²) in [6, 6.07) is 5.25. The number of halogens is 1. The summed E-state index contributed by atoms with van der Waals surface area (Å²) in [5, 5.41) is 13.7. The van der Waals surface area contributed by atoms with Crippen LogP contribution in [-0.2, 0) is 0 Å². The van der Waals surface area contributed by atoms with Crippen LogP contribution < -0.4 is 5.32 Å². The van der Waals surface area contributed by atoms with Crippen LogP contribution in [0.4, 0.5) is 11.4 Å². The van der Waals surface area contributed by atoms with Gasteiger partial charge in [0.2, 0.25) is 0 Å². The molecule has 0 bridgehead atoms. The van der Waals surface area contributed by atoms with E-state index in [1.54, 1.807) is 12.1 Å². The van der Waals surface area contributed by atoms with E-state index in [2.05, 4.69) is 21.2 Å². The van der Waals surface area contributed by atoms with Crippen LogP contribution in [0.1, 0.15) is 13.8 Å². The molecule has 0 spiro atoms. The average Bonchev–Trinajstić information content (AvgIpc) is 2.07. The molecule has 0 aliphatic rings. The Bertz CT molecular complexity index is 353. The Kier molecular flexibility index (Phi) is 3.46. The summed E-state index contributed by atoms with van der Waals surface area (Å²) in [6.45, 7) is 3.96. The topological polar surface area (TPSA) is 55.2 Å². The number of nitrogens with zero attached hydrogens (tertiary/aromatic N) is 1. The Hall–Kier alpha value is -1.10. The van der Waals surface area contributed by atoms with Crippen molar-refractivity contribution in [3.05, 3.63) is 32.8 Å². The average molecular weight is 259 g/mol. The molecule has 5 heteroatoms. The molecule has 14 heavy (non-hydrogen) atoms. The van der Waals surface area contributed by atoms with Crippen molar-refractivity contribution in [2.75, 3.05) is 5.32 Å². The van der Waals surface area contributed by atoms with E-state index in [-0.39, 0.29) is 11.7 Å². The summed E-state index contributed by atoms with van der Waals surface area (Å²) in [6.07, 6.45) is 0. The second kappa shape index (κ2) is 4.41. The minimum absolute atomic E-state index is 0.0793. The lowest BCUT2D eigenvalue weighted by Gasteiger charge is -2.09. The van der Waals surface area contributed by atoms with Crippen LogP contribution in [0.5, 0.6) is 0 Å². The molecule has 0 fully saturated rings. The summed E-state index contributed by atoms with van der Waals surface area (Å²) in [5.74, 6) is 0. The van der Waals surface area contributed by atoms with E-state index in [0.717, 1.165) is 5.69 Å². The predicted octanol–water partition coefficient (Wildman–Crippen LogP) is 3.18. The number of hydrogen-bond acceptors (Lipinski definition) is 3. The molecular formula is C9H11BrN2O2. The Balaban J connectivity index is 3.00. The van der Waals surface area contributed by atoms with E-state index < -0.39 is 4.92 Å². The van der Waals surface area contributed by atoms with E-state index in [4.69, 9.17) is 0 Å². The van der Waals surface area contributed by atoms with Gasteiger partial charge in [0.05, 0.1) is 9.40 Å². The number of nitrogens with one attached hydrogen (secondary N) is 1. The lowest BCUT2D eigenvalue weighted by molar-refractivity contribution is -0.385. The van der Waals surface area contributed by atoms with Crippen LogP contribution in [0, 0.1) is 10.1 Å². The van der Waals surface area contributed by atoms with Crippen molar-refractivity contribution >= 4 is 27.3 Å². The third kappa shape index (κ3) is 2.70. The summed E-state index contributed by atoms with van der Waals surface area (Å²) >= 11 is 3.13. The van der Waals surface area contributed by atoms with Crippen LogP contribution in [0.3, 0.4) is 0 Å². The van der Waals surface area contributed by atoms with Gasteiger partial charge in [0.1, 0.15) is 0 Å². The molecule has 4 nitrogen and oxygen atoms in total. The highest BCUT2D eigenvalue weighted by Crippen LogP contribution is 2.27. The maximum atomic E-state index is 10.6. The van der Waals surface area contributed by atoms with E-state index in [0.29, 0.717) is 4.47 Å². The molecule has 0 saturated heterocycles. The molecule has 0 atom stereocenters. The first kappa shape index (κ1) is 11.0. The molecule has 0 saturated carbocycles. The van der Waals surface area contributed by atoms with Crippen molar-refractivity contribution in [3.63, 3.8) is 0 Å². The normalized spacial score (nSPS) is 10.3. The minimum Gasteiger partial charge on any atom is -0.383 e. The van der Waals surface area contributed by atoms with E-state index >= 15 is 0 Å². The van der Waals surface area contributed by atoms with E-state index in [1.165, 1.54) is 6.07 Å². The fraction of sp³-hybridized carbons (Fsp3) is 0.333. The summed E-state index contributed by atoms with van der Waals surface area (Å²) in [4.78, 5) is 10.2. The van der Waals surface area contributed by atoms with E-state index in [9.17, 15) is 10.1 Å². The van der Waals surface area contributed by atoms with Crippen molar-refractivity contribution in [3.8, 4) is 0 Å². The van der Waals surface area contributed by atoms with Gasteiger partial charge in [-0.2, -0.15) is 0 Å². The number of nitro groups is 1. The molecule has 1 aromatic rings. The third-order valence-corrected chi connectivity index (χ3v) is 2.27. The largest absolute Gasteiger partial charge is 0.383 e. The highest BCUT2D eigenvalue weighted by molar-refractivity contribution is 9.10. The SMILES string of the molecule is CC(C)Nc1ccc(Br)c([N+](=O)[O-])c1. The minimum atomic E-state index is -0.407. The first-order valence-corrected chi connectivity index (χ1v) is 5.00. The Morgan fingerprint density at radius 1 is 1.50 bits per heavy atom. The summed E-state index contributed by atoms with van der Waals surface area (Å²) in [7, 11) is 0. The molecule has 1 rings (SSSR count). The van der Waals surface area contributed by atoms with Crippen LogP contribution in [0.2, 0.25) is 0 Å². The van der Waals surface area contributed by atoms with Gasteiger partial charge in [-0.15, -0.1) is 0 Å². The number of benzene rings is 1. The Morgan fingerprint density at radius 2 is 2.14 bits per heavy atom. The fourth-order valence-electron chi connectivity index (χ4n) is 1.08. The molecular weight excluding hydrogens is 248 g/mol. The summed E-state index contributed by atoms with van der Waals surface area (Å²) < 4.78 is 0.497. The Labute approximate surface area is 90.6 Å². The van der Waals surface area contributed by atoms with Crippen LogP contribution in [0.15, 0.2) is 22.7 Å². The molecule has 0 aliphatic carbocycles. The number of anilines is 1. The molecule has 0 unspecified atom stereocenters. The standard InChI is InChI=1S/C9H11BrN2O2/c1-6(2)11-7-3-4-8(10)9(5-7)12(13)14/h3-6,11H,1-2H3. The van der Waals surface area contributed by atoms with Gasteiger partial charge in [-0.3, -0.25) is 10.1 Å². The summed E-state index contributed by atoms with van der Waals surface area (Å²) in [5.41, 5.74) is 0.838. The van der Waals surface area contributed by atoms with Crippen molar-refractivity contribution in [2.45, 2.75) is 19.9 Å². The zero-order chi connectivity index (χ0) is 10.7. The van der Waals surface area contributed by atoms with Crippen molar-refractivity contribution in [1.82, 2.24) is 0 Å². The molecule has 0 heterocycles. The highest BCUT2D eigenvalue weighted by atomic mass is 79.9. The smallest absolute Gasteiger partial charge is 0.285 e. The van der Waals surface area contributed by atoms with Crippen LogP contribution >= 0.6 is 15.9 Å². The number of hydrogen-bond donors (Lipinski definition) is 1. The van der Waals surface area contributed by atoms with Gasteiger partial charge in [-0.25, -0.2) is 0 Å². The number of rotatable bonds is 3. The maximum absolute atomic E-state index is 10.6. The monoisotopic (exact) mass is 258 g/mol.